The number of nitrogens with zero attached hydrogens (tertiary/aromatic N) is 2. The molecule has 3 aliphatic carbocycles. The SMILES string of the molecule is Cc1cccc(-c2ccc(O)c3c2C[C@H]2C[C@H]4[C@H](N(C)C)C(O)[C@@H](C(N)=O)C(=O)[C@@]4(O)C(=O)C2C3=O)n1. The van der Waals surface area contributed by atoms with Crippen LogP contribution >= 0.6 is 0 Å². The van der Waals surface area contributed by atoms with Crippen LogP contribution < -0.4 is 5.73 Å². The molecule has 2 fully saturated rings. The number of rotatable bonds is 3. The lowest BCUT2D eigenvalue weighted by atomic mass is 9.52. The fourth-order valence-corrected chi connectivity index (χ4v) is 6.76. The molecule has 5 rings (SSSR count). The number of fused-ring (bicyclic) bond motifs is 3. The fraction of sp³-hybridized carbons (Fsp3) is 0.444. The largest absolute Gasteiger partial charge is 0.507 e. The van der Waals surface area contributed by atoms with Crippen molar-refractivity contribution in [3.8, 4) is 17.0 Å². The van der Waals surface area contributed by atoms with Crippen LogP contribution in [0.25, 0.3) is 11.3 Å². The molecule has 10 heteroatoms. The van der Waals surface area contributed by atoms with Gasteiger partial charge in [0, 0.05) is 23.2 Å². The number of carbonyl (C=O) groups excluding carboxylic acids is 4. The van der Waals surface area contributed by atoms with E-state index in [2.05, 4.69) is 4.98 Å². The van der Waals surface area contributed by atoms with Gasteiger partial charge in [0.15, 0.2) is 23.0 Å². The van der Waals surface area contributed by atoms with Gasteiger partial charge in [0.25, 0.3) is 0 Å². The third-order valence-corrected chi connectivity index (χ3v) is 8.34. The smallest absolute Gasteiger partial charge is 0.230 e. The number of carbonyl (C=O) groups is 4. The number of ketones is 3. The van der Waals surface area contributed by atoms with Crippen LogP contribution in [0.2, 0.25) is 0 Å². The summed E-state index contributed by atoms with van der Waals surface area (Å²) in [6.45, 7) is 1.84. The first-order valence-electron chi connectivity index (χ1n) is 12.2. The Morgan fingerprint density at radius 3 is 2.46 bits per heavy atom. The second-order valence-electron chi connectivity index (χ2n) is 10.6. The van der Waals surface area contributed by atoms with Crippen LogP contribution in [0.5, 0.6) is 5.75 Å². The highest BCUT2D eigenvalue weighted by Gasteiger charge is 2.69. The molecular weight excluding hydrogens is 478 g/mol. The standard InChI is InChI=1S/C27H29N3O7/c1-11-5-4-6-16(29-11)13-7-8-17(31)19-14(13)9-12-10-15-21(30(2)3)23(33)20(26(28)36)25(35)27(15,37)24(34)18(12)22(19)32/h4-8,12,15,18,20-21,23,31,33,37H,9-10H2,1-3H3,(H2,28,36)/t12-,15-,18?,20+,21-,23?,27-/m0/s1. The maximum absolute atomic E-state index is 13.9. The number of phenols is 1. The Bertz CT molecular complexity index is 1360. The highest BCUT2D eigenvalue weighted by molar-refractivity contribution is 6.25. The van der Waals surface area contributed by atoms with E-state index in [1.807, 2.05) is 19.1 Å². The highest BCUT2D eigenvalue weighted by atomic mass is 16.3. The summed E-state index contributed by atoms with van der Waals surface area (Å²) in [5.74, 6) is -9.20. The molecule has 1 amide bonds. The summed E-state index contributed by atoms with van der Waals surface area (Å²) in [5, 5.41) is 33.3. The van der Waals surface area contributed by atoms with Gasteiger partial charge in [-0.1, -0.05) is 6.07 Å². The molecule has 0 radical (unpaired) electrons. The monoisotopic (exact) mass is 507 g/mol. The highest BCUT2D eigenvalue weighted by Crippen LogP contribution is 2.52. The van der Waals surface area contributed by atoms with Crippen molar-refractivity contribution >= 4 is 23.3 Å². The minimum absolute atomic E-state index is 0.0311. The Morgan fingerprint density at radius 1 is 1.14 bits per heavy atom. The number of aromatic nitrogens is 1. The van der Waals surface area contributed by atoms with Crippen molar-refractivity contribution < 1.29 is 34.5 Å². The molecule has 1 heterocycles. The lowest BCUT2D eigenvalue weighted by Crippen LogP contribution is -2.75. The van der Waals surface area contributed by atoms with E-state index in [4.69, 9.17) is 5.73 Å². The van der Waals surface area contributed by atoms with Gasteiger partial charge in [-0.15, -0.1) is 0 Å². The van der Waals surface area contributed by atoms with E-state index in [0.29, 0.717) is 16.8 Å². The number of aryl methyl sites for hydroxylation is 1. The summed E-state index contributed by atoms with van der Waals surface area (Å²) in [4.78, 5) is 59.2. The van der Waals surface area contributed by atoms with E-state index in [1.165, 1.54) is 6.07 Å². The lowest BCUT2D eigenvalue weighted by molar-refractivity contribution is -0.190. The number of aliphatic hydroxyl groups excluding tert-OH is 1. The van der Waals surface area contributed by atoms with Crippen LogP contribution in [0, 0.1) is 30.6 Å². The van der Waals surface area contributed by atoms with Crippen molar-refractivity contribution in [2.75, 3.05) is 14.1 Å². The summed E-state index contributed by atoms with van der Waals surface area (Å²) in [6, 6.07) is 7.57. The van der Waals surface area contributed by atoms with Crippen LogP contribution in [0.3, 0.4) is 0 Å². The molecule has 1 aromatic carbocycles. The molecular formula is C27H29N3O7. The molecule has 0 spiro atoms. The Morgan fingerprint density at radius 2 is 1.84 bits per heavy atom. The van der Waals surface area contributed by atoms with Gasteiger partial charge in [0.05, 0.1) is 23.3 Å². The van der Waals surface area contributed by atoms with Crippen LogP contribution in [0.1, 0.15) is 28.0 Å². The number of nitrogens with two attached hydrogens (primary N) is 1. The molecule has 37 heavy (non-hydrogen) atoms. The normalized spacial score (nSPS) is 33.1. The van der Waals surface area contributed by atoms with Crippen molar-refractivity contribution in [2.45, 2.75) is 37.5 Å². The van der Waals surface area contributed by atoms with Gasteiger partial charge in [0.2, 0.25) is 5.91 Å². The van der Waals surface area contributed by atoms with Gasteiger partial charge in [-0.3, -0.25) is 24.2 Å². The van der Waals surface area contributed by atoms with Crippen molar-refractivity contribution in [3.05, 3.63) is 47.2 Å². The number of hydrogen-bond acceptors (Lipinski definition) is 9. The van der Waals surface area contributed by atoms with Crippen LogP contribution in [-0.4, -0.2) is 80.3 Å². The van der Waals surface area contributed by atoms with Gasteiger partial charge >= 0.3 is 0 Å². The Balaban J connectivity index is 1.66. The van der Waals surface area contributed by atoms with Crippen LogP contribution in [0.15, 0.2) is 30.3 Å². The van der Waals surface area contributed by atoms with Crippen molar-refractivity contribution in [2.24, 2.45) is 29.4 Å². The molecule has 2 unspecified atom stereocenters. The number of likely N-dealkylation sites (N-methyl/N-ethyl adjacent to an activating group) is 1. The summed E-state index contributed by atoms with van der Waals surface area (Å²) in [5.41, 5.74) is 5.26. The second kappa shape index (κ2) is 8.54. The van der Waals surface area contributed by atoms with Crippen LogP contribution in [0.4, 0.5) is 0 Å². The molecule has 10 nitrogen and oxygen atoms in total. The predicted molar refractivity (Wildman–Crippen MR) is 130 cm³/mol. The zero-order valence-electron chi connectivity index (χ0n) is 20.7. The Labute approximate surface area is 213 Å². The summed E-state index contributed by atoms with van der Waals surface area (Å²) >= 11 is 0. The molecule has 0 saturated heterocycles. The topological polar surface area (TPSA) is 171 Å². The molecule has 0 bridgehead atoms. The minimum atomic E-state index is -2.67. The molecule has 1 aromatic heterocycles. The number of pyridine rings is 1. The van der Waals surface area contributed by atoms with Crippen molar-refractivity contribution in [3.63, 3.8) is 0 Å². The Hall–Kier alpha value is -3.47. The van der Waals surface area contributed by atoms with E-state index in [9.17, 15) is 34.5 Å². The number of primary amides is 1. The number of benzene rings is 1. The average molecular weight is 508 g/mol. The molecule has 3 aliphatic rings. The fourth-order valence-electron chi connectivity index (χ4n) is 6.76. The third-order valence-electron chi connectivity index (χ3n) is 8.34. The number of hydrogen-bond donors (Lipinski definition) is 4. The Kier molecular flexibility index (Phi) is 5.82. The van der Waals surface area contributed by atoms with Gasteiger partial charge in [-0.2, -0.15) is 0 Å². The number of aliphatic hydroxyl groups is 2. The maximum Gasteiger partial charge on any atom is 0.230 e. The van der Waals surface area contributed by atoms with Gasteiger partial charge in [-0.05, 0) is 69.6 Å². The van der Waals surface area contributed by atoms with E-state index in [1.54, 1.807) is 31.1 Å². The first kappa shape index (κ1) is 25.2. The maximum atomic E-state index is 13.9. The quantitative estimate of drug-likeness (QED) is 0.418. The molecule has 2 aromatic rings. The summed E-state index contributed by atoms with van der Waals surface area (Å²) in [6.07, 6.45) is -1.25. The number of phenolic OH excluding ortho intramolecular Hbond substituents is 1. The molecule has 5 N–H and O–H groups in total. The molecule has 0 aliphatic heterocycles. The zero-order chi connectivity index (χ0) is 27.0. The van der Waals surface area contributed by atoms with Gasteiger partial charge < -0.3 is 26.0 Å². The number of Topliss-reactive ketones (excluding diaryl/α,β-unsaturated/α-hetero) is 3. The average Bonchev–Trinajstić information content (AvgIpc) is 2.81. The third kappa shape index (κ3) is 3.47. The second-order valence-corrected chi connectivity index (χ2v) is 10.6. The first-order chi connectivity index (χ1) is 17.4. The molecule has 194 valence electrons. The zero-order valence-corrected chi connectivity index (χ0v) is 20.7. The number of amides is 1. The summed E-state index contributed by atoms with van der Waals surface area (Å²) in [7, 11) is 3.22. The number of aromatic hydroxyl groups is 1. The molecule has 7 atom stereocenters. The van der Waals surface area contributed by atoms with Gasteiger partial charge in [0.1, 0.15) is 11.7 Å². The summed E-state index contributed by atoms with van der Waals surface area (Å²) < 4.78 is 0. The van der Waals surface area contributed by atoms with E-state index < -0.39 is 64.7 Å². The van der Waals surface area contributed by atoms with E-state index in [-0.39, 0.29) is 24.2 Å². The molecule has 2 saturated carbocycles. The van der Waals surface area contributed by atoms with E-state index >= 15 is 0 Å². The van der Waals surface area contributed by atoms with E-state index in [0.717, 1.165) is 5.69 Å². The minimum Gasteiger partial charge on any atom is -0.507 e. The first-order valence-corrected chi connectivity index (χ1v) is 12.2. The van der Waals surface area contributed by atoms with Crippen LogP contribution in [-0.2, 0) is 20.8 Å². The predicted octanol–water partition coefficient (Wildman–Crippen LogP) is 0.0292. The van der Waals surface area contributed by atoms with Crippen molar-refractivity contribution in [1.29, 1.82) is 0 Å². The van der Waals surface area contributed by atoms with Crippen molar-refractivity contribution in [1.82, 2.24) is 9.88 Å². The lowest BCUT2D eigenvalue weighted by Gasteiger charge is -2.54. The van der Waals surface area contributed by atoms with Gasteiger partial charge in [-0.25, -0.2) is 0 Å².